The van der Waals surface area contributed by atoms with Crippen molar-refractivity contribution < 1.29 is 4.39 Å². The first kappa shape index (κ1) is 17.8. The zero-order valence-corrected chi connectivity index (χ0v) is 15.4. The molecule has 2 aromatic carbocycles. The summed E-state index contributed by atoms with van der Waals surface area (Å²) in [5, 5.41) is 0. The van der Waals surface area contributed by atoms with Crippen LogP contribution in [0.25, 0.3) is 11.4 Å². The smallest absolute Gasteiger partial charge is 0.159 e. The summed E-state index contributed by atoms with van der Waals surface area (Å²) in [7, 11) is 0. The third-order valence-corrected chi connectivity index (χ3v) is 5.29. The predicted octanol–water partition coefficient (Wildman–Crippen LogP) is 4.74. The monoisotopic (exact) mass is 361 g/mol. The number of rotatable bonds is 5. The van der Waals surface area contributed by atoms with E-state index in [4.69, 9.17) is 0 Å². The number of likely N-dealkylation sites (tertiary alicyclic amines) is 1. The Bertz CT molecular complexity index is 839. The van der Waals surface area contributed by atoms with Crippen LogP contribution in [0.3, 0.4) is 0 Å². The number of nitrogens with zero attached hydrogens (tertiary/aromatic N) is 3. The van der Waals surface area contributed by atoms with Crippen molar-refractivity contribution in [2.24, 2.45) is 5.92 Å². The molecule has 1 aliphatic heterocycles. The Morgan fingerprint density at radius 3 is 2.19 bits per heavy atom. The second-order valence-corrected chi connectivity index (χ2v) is 7.33. The van der Waals surface area contributed by atoms with E-state index in [0.717, 1.165) is 31.6 Å². The number of aromatic nitrogens is 2. The maximum absolute atomic E-state index is 13.0. The molecule has 0 amide bonds. The topological polar surface area (TPSA) is 29.0 Å². The molecule has 3 aromatic rings. The van der Waals surface area contributed by atoms with Crippen LogP contribution < -0.4 is 0 Å². The summed E-state index contributed by atoms with van der Waals surface area (Å²) in [6.45, 7) is 3.34. The van der Waals surface area contributed by atoms with Crippen LogP contribution in [0.2, 0.25) is 0 Å². The van der Waals surface area contributed by atoms with Crippen molar-refractivity contribution in [2.75, 3.05) is 13.1 Å². The van der Waals surface area contributed by atoms with E-state index in [0.29, 0.717) is 11.7 Å². The summed E-state index contributed by atoms with van der Waals surface area (Å²) in [5.74, 6) is 1.10. The highest BCUT2D eigenvalue weighted by atomic mass is 19.1. The Hall–Kier alpha value is -2.59. The molecule has 1 saturated heterocycles. The third kappa shape index (κ3) is 4.77. The van der Waals surface area contributed by atoms with Crippen LogP contribution in [-0.4, -0.2) is 28.0 Å². The lowest BCUT2D eigenvalue weighted by atomic mass is 9.91. The molecule has 0 saturated carbocycles. The summed E-state index contributed by atoms with van der Waals surface area (Å²) in [6.07, 6.45) is 7.30. The molecule has 4 heteroatoms. The van der Waals surface area contributed by atoms with E-state index in [9.17, 15) is 4.39 Å². The van der Waals surface area contributed by atoms with E-state index < -0.39 is 0 Å². The van der Waals surface area contributed by atoms with E-state index in [2.05, 4.69) is 45.2 Å². The second-order valence-electron chi connectivity index (χ2n) is 7.33. The van der Waals surface area contributed by atoms with E-state index in [1.165, 1.54) is 36.1 Å². The van der Waals surface area contributed by atoms with Crippen molar-refractivity contribution in [1.82, 2.24) is 14.9 Å². The van der Waals surface area contributed by atoms with Gasteiger partial charge >= 0.3 is 0 Å². The van der Waals surface area contributed by atoms with Crippen molar-refractivity contribution in [3.63, 3.8) is 0 Å². The zero-order chi connectivity index (χ0) is 18.5. The minimum atomic E-state index is -0.242. The summed E-state index contributed by atoms with van der Waals surface area (Å²) in [6, 6.07) is 17.0. The van der Waals surface area contributed by atoms with Crippen LogP contribution in [0.15, 0.2) is 67.0 Å². The first-order valence-electron chi connectivity index (χ1n) is 9.59. The molecule has 138 valence electrons. The first-order chi connectivity index (χ1) is 13.3. The van der Waals surface area contributed by atoms with Crippen LogP contribution in [0.4, 0.5) is 4.39 Å². The molecule has 1 aliphatic rings. The Labute approximate surface area is 159 Å². The molecule has 0 aliphatic carbocycles. The predicted molar refractivity (Wildman–Crippen MR) is 106 cm³/mol. The van der Waals surface area contributed by atoms with Gasteiger partial charge in [-0.25, -0.2) is 14.4 Å². The fraction of sp³-hybridized carbons (Fsp3) is 0.304. The first-order valence-corrected chi connectivity index (χ1v) is 9.59. The normalized spacial score (nSPS) is 15.7. The van der Waals surface area contributed by atoms with Gasteiger partial charge in [0, 0.05) is 24.5 Å². The summed E-state index contributed by atoms with van der Waals surface area (Å²) in [4.78, 5) is 11.5. The maximum atomic E-state index is 13.0. The number of hydrogen-bond acceptors (Lipinski definition) is 3. The quantitative estimate of drug-likeness (QED) is 0.657. The molecule has 2 heterocycles. The Morgan fingerprint density at radius 2 is 1.52 bits per heavy atom. The fourth-order valence-electron chi connectivity index (χ4n) is 3.73. The summed E-state index contributed by atoms with van der Waals surface area (Å²) < 4.78 is 13.0. The number of halogens is 1. The Kier molecular flexibility index (Phi) is 5.54. The van der Waals surface area contributed by atoms with Gasteiger partial charge in [0.05, 0.1) is 0 Å². The number of hydrogen-bond donors (Lipinski definition) is 0. The molecule has 4 rings (SSSR count). The minimum absolute atomic E-state index is 0.242. The summed E-state index contributed by atoms with van der Waals surface area (Å²) in [5.41, 5.74) is 3.42. The Balaban J connectivity index is 1.29. The highest BCUT2D eigenvalue weighted by molar-refractivity contribution is 5.54. The van der Waals surface area contributed by atoms with Crippen molar-refractivity contribution >= 4 is 0 Å². The van der Waals surface area contributed by atoms with Gasteiger partial charge in [-0.05, 0) is 73.7 Å². The van der Waals surface area contributed by atoms with E-state index >= 15 is 0 Å². The molecule has 0 radical (unpaired) electrons. The van der Waals surface area contributed by atoms with Gasteiger partial charge in [0.2, 0.25) is 0 Å². The fourth-order valence-corrected chi connectivity index (χ4v) is 3.73. The standard InChI is InChI=1S/C23H24FN3/c24-22-8-6-21(7-9-22)23-25-15-20(16-26-23)14-18-10-12-27(13-11-18)17-19-4-2-1-3-5-19/h1-9,15-16,18H,10-14,17H2. The zero-order valence-electron chi connectivity index (χ0n) is 15.4. The molecule has 0 unspecified atom stereocenters. The molecule has 27 heavy (non-hydrogen) atoms. The van der Waals surface area contributed by atoms with Gasteiger partial charge in [-0.15, -0.1) is 0 Å². The van der Waals surface area contributed by atoms with Gasteiger partial charge in [0.15, 0.2) is 5.82 Å². The van der Waals surface area contributed by atoms with Crippen LogP contribution in [0.1, 0.15) is 24.0 Å². The average molecular weight is 361 g/mol. The molecule has 1 aromatic heterocycles. The second kappa shape index (κ2) is 8.40. The van der Waals surface area contributed by atoms with Crippen molar-refractivity contribution in [1.29, 1.82) is 0 Å². The highest BCUT2D eigenvalue weighted by Crippen LogP contribution is 2.23. The molecule has 0 atom stereocenters. The van der Waals surface area contributed by atoms with Gasteiger partial charge in [0.25, 0.3) is 0 Å². The van der Waals surface area contributed by atoms with Crippen LogP contribution >= 0.6 is 0 Å². The molecule has 0 N–H and O–H groups in total. The van der Waals surface area contributed by atoms with Crippen molar-refractivity contribution in [2.45, 2.75) is 25.8 Å². The van der Waals surface area contributed by atoms with Gasteiger partial charge in [-0.2, -0.15) is 0 Å². The Morgan fingerprint density at radius 1 is 0.852 bits per heavy atom. The van der Waals surface area contributed by atoms with Gasteiger partial charge in [-0.3, -0.25) is 4.90 Å². The number of piperidine rings is 1. The maximum Gasteiger partial charge on any atom is 0.159 e. The van der Waals surface area contributed by atoms with Crippen LogP contribution in [0, 0.1) is 11.7 Å². The minimum Gasteiger partial charge on any atom is -0.299 e. The molecular formula is C23H24FN3. The summed E-state index contributed by atoms with van der Waals surface area (Å²) >= 11 is 0. The van der Waals surface area contributed by atoms with E-state index in [1.54, 1.807) is 12.1 Å². The highest BCUT2D eigenvalue weighted by Gasteiger charge is 2.19. The molecule has 3 nitrogen and oxygen atoms in total. The van der Waals surface area contributed by atoms with Crippen LogP contribution in [0.5, 0.6) is 0 Å². The van der Waals surface area contributed by atoms with E-state index in [1.807, 2.05) is 12.4 Å². The van der Waals surface area contributed by atoms with Gasteiger partial charge < -0.3 is 0 Å². The molecule has 1 fully saturated rings. The van der Waals surface area contributed by atoms with Crippen molar-refractivity contribution in [3.05, 3.63) is 83.9 Å². The van der Waals surface area contributed by atoms with Crippen molar-refractivity contribution in [3.8, 4) is 11.4 Å². The van der Waals surface area contributed by atoms with Gasteiger partial charge in [-0.1, -0.05) is 30.3 Å². The van der Waals surface area contributed by atoms with E-state index in [-0.39, 0.29) is 5.82 Å². The molecule has 0 bridgehead atoms. The van der Waals surface area contributed by atoms with Gasteiger partial charge in [0.1, 0.15) is 5.82 Å². The number of benzene rings is 2. The largest absolute Gasteiger partial charge is 0.299 e. The average Bonchev–Trinajstić information content (AvgIpc) is 2.72. The van der Waals surface area contributed by atoms with Crippen LogP contribution in [-0.2, 0) is 13.0 Å². The lowest BCUT2D eigenvalue weighted by Gasteiger charge is -2.32. The SMILES string of the molecule is Fc1ccc(-c2ncc(CC3CCN(Cc4ccccc4)CC3)cn2)cc1. The molecular weight excluding hydrogens is 337 g/mol. The lowest BCUT2D eigenvalue weighted by molar-refractivity contribution is 0.177. The third-order valence-electron chi connectivity index (χ3n) is 5.29. The lowest BCUT2D eigenvalue weighted by Crippen LogP contribution is -2.33. The molecule has 0 spiro atoms.